The summed E-state index contributed by atoms with van der Waals surface area (Å²) < 4.78 is 28.4. The van der Waals surface area contributed by atoms with Crippen LogP contribution in [0.3, 0.4) is 0 Å². The topological polar surface area (TPSA) is 114 Å². The second-order valence-electron chi connectivity index (χ2n) is 7.44. The van der Waals surface area contributed by atoms with Gasteiger partial charge in [-0.05, 0) is 30.3 Å². The van der Waals surface area contributed by atoms with Crippen LogP contribution >= 0.6 is 31.9 Å². The second-order valence-corrected chi connectivity index (χ2v) is 9.27. The standard InChI is InChI=1S/C22H13Br2FN4O2/c1-12-21(11-28)19(29)31-22(12,13-2-4-14(23)5-3-13)30-18(20(21,9-26)10-27)16-8-15(24)6-7-17(16)25/h2-8,12,18,29H,1H3. The molecule has 4 rings (SSSR count). The number of hydrogen-bond acceptors (Lipinski definition) is 6. The fourth-order valence-electron chi connectivity index (χ4n) is 4.54. The Morgan fingerprint density at radius 1 is 1.00 bits per heavy atom. The van der Waals surface area contributed by atoms with Gasteiger partial charge in [0.2, 0.25) is 17.1 Å². The first-order valence-corrected chi connectivity index (χ1v) is 10.7. The van der Waals surface area contributed by atoms with E-state index in [1.165, 1.54) is 18.2 Å². The average Bonchev–Trinajstić information content (AvgIpc) is 2.92. The highest BCUT2D eigenvalue weighted by Gasteiger charge is 2.80. The van der Waals surface area contributed by atoms with Crippen molar-refractivity contribution < 1.29 is 13.9 Å². The second kappa shape index (κ2) is 7.14. The molecule has 2 aromatic carbocycles. The number of nitrogens with zero attached hydrogens (tertiary/aromatic N) is 3. The van der Waals surface area contributed by atoms with Crippen LogP contribution in [0.1, 0.15) is 24.2 Å². The third-order valence-corrected chi connectivity index (χ3v) is 7.18. The molecule has 0 aromatic heterocycles. The number of benzene rings is 2. The average molecular weight is 544 g/mol. The summed E-state index contributed by atoms with van der Waals surface area (Å²) in [5.74, 6) is -3.83. The van der Waals surface area contributed by atoms with Crippen molar-refractivity contribution in [2.45, 2.75) is 18.8 Å². The van der Waals surface area contributed by atoms with E-state index in [-0.39, 0.29) is 5.56 Å². The first kappa shape index (κ1) is 21.5. The van der Waals surface area contributed by atoms with Crippen LogP contribution in [0.4, 0.5) is 4.39 Å². The lowest BCUT2D eigenvalue weighted by Crippen LogP contribution is -2.57. The quantitative estimate of drug-likeness (QED) is 0.540. The molecular weight excluding hydrogens is 531 g/mol. The van der Waals surface area contributed by atoms with Crippen LogP contribution in [0.15, 0.2) is 51.4 Å². The predicted octanol–water partition coefficient (Wildman–Crippen LogP) is 5.46. The lowest BCUT2D eigenvalue weighted by Gasteiger charge is -2.48. The monoisotopic (exact) mass is 542 g/mol. The van der Waals surface area contributed by atoms with Gasteiger partial charge in [0.1, 0.15) is 11.9 Å². The first-order valence-electron chi connectivity index (χ1n) is 9.13. The molecule has 4 unspecified atom stereocenters. The van der Waals surface area contributed by atoms with E-state index < -0.39 is 40.4 Å². The van der Waals surface area contributed by atoms with E-state index in [4.69, 9.17) is 14.9 Å². The molecule has 31 heavy (non-hydrogen) atoms. The van der Waals surface area contributed by atoms with Gasteiger partial charge in [-0.2, -0.15) is 15.8 Å². The predicted molar refractivity (Wildman–Crippen MR) is 113 cm³/mol. The minimum absolute atomic E-state index is 0.0798. The van der Waals surface area contributed by atoms with E-state index >= 15 is 0 Å². The van der Waals surface area contributed by atoms with E-state index in [2.05, 4.69) is 31.9 Å². The van der Waals surface area contributed by atoms with E-state index in [9.17, 15) is 20.2 Å². The smallest absolute Gasteiger partial charge is 0.244 e. The van der Waals surface area contributed by atoms with Crippen LogP contribution in [0, 0.1) is 62.0 Å². The first-order chi connectivity index (χ1) is 14.7. The molecule has 4 atom stereocenters. The minimum Gasteiger partial charge on any atom is -0.443 e. The summed E-state index contributed by atoms with van der Waals surface area (Å²) in [5.41, 5.74) is -3.81. The maximum absolute atomic E-state index is 14.9. The third-order valence-electron chi connectivity index (χ3n) is 6.16. The molecule has 1 N–H and O–H groups in total. The fraction of sp³-hybridized carbons (Fsp3) is 0.273. The molecule has 0 amide bonds. The van der Waals surface area contributed by atoms with Crippen molar-refractivity contribution in [3.05, 3.63) is 68.4 Å². The number of hydrogen-bond donors (Lipinski definition) is 1. The van der Waals surface area contributed by atoms with Crippen LogP contribution in [0.2, 0.25) is 0 Å². The lowest BCUT2D eigenvalue weighted by atomic mass is 9.53. The summed E-state index contributed by atoms with van der Waals surface area (Å²) in [6, 6.07) is 16.8. The molecule has 0 aliphatic carbocycles. The highest BCUT2D eigenvalue weighted by atomic mass is 79.9. The van der Waals surface area contributed by atoms with Gasteiger partial charge in [-0.1, -0.05) is 50.9 Å². The molecule has 2 heterocycles. The molecule has 9 heteroatoms. The molecule has 2 saturated heterocycles. The van der Waals surface area contributed by atoms with Crippen molar-refractivity contribution >= 4 is 37.8 Å². The van der Waals surface area contributed by atoms with Crippen LogP contribution < -0.4 is 0 Å². The third kappa shape index (κ3) is 2.56. The van der Waals surface area contributed by atoms with Crippen molar-refractivity contribution in [3.63, 3.8) is 0 Å². The maximum Gasteiger partial charge on any atom is 0.244 e. The lowest BCUT2D eigenvalue weighted by molar-refractivity contribution is -0.289. The number of fused-ring (bicyclic) bond motifs is 2. The summed E-state index contributed by atoms with van der Waals surface area (Å²) in [7, 11) is 0. The Labute approximate surface area is 194 Å². The molecule has 2 aromatic rings. The van der Waals surface area contributed by atoms with Gasteiger partial charge >= 0.3 is 0 Å². The van der Waals surface area contributed by atoms with Crippen molar-refractivity contribution in [1.29, 1.82) is 21.2 Å². The molecule has 2 bridgehead atoms. The molecular formula is C22H13Br2FN4O2. The molecule has 0 saturated carbocycles. The van der Waals surface area contributed by atoms with Gasteiger partial charge in [0, 0.05) is 20.1 Å². The number of halogens is 3. The zero-order valence-corrected chi connectivity index (χ0v) is 19.2. The van der Waals surface area contributed by atoms with Crippen LogP contribution in [0.25, 0.3) is 0 Å². The number of nitrogens with one attached hydrogen (secondary N) is 1. The van der Waals surface area contributed by atoms with E-state index in [1.807, 2.05) is 18.2 Å². The van der Waals surface area contributed by atoms with Crippen molar-refractivity contribution in [1.82, 2.24) is 0 Å². The Balaban J connectivity index is 2.07. The molecule has 6 nitrogen and oxygen atoms in total. The molecule has 2 aliphatic heterocycles. The van der Waals surface area contributed by atoms with Gasteiger partial charge in [0.05, 0.1) is 24.1 Å². The molecule has 0 spiro atoms. The molecule has 0 radical (unpaired) electrons. The van der Waals surface area contributed by atoms with Gasteiger partial charge in [-0.3, -0.25) is 5.41 Å². The van der Waals surface area contributed by atoms with Gasteiger partial charge < -0.3 is 9.47 Å². The Kier molecular flexibility index (Phi) is 4.94. The number of nitriles is 3. The number of ether oxygens (including phenoxy) is 2. The van der Waals surface area contributed by atoms with Gasteiger partial charge in [-0.15, -0.1) is 0 Å². The van der Waals surface area contributed by atoms with Crippen LogP contribution in [-0.2, 0) is 15.3 Å². The largest absolute Gasteiger partial charge is 0.443 e. The molecule has 154 valence electrons. The van der Waals surface area contributed by atoms with Gasteiger partial charge in [0.15, 0.2) is 5.41 Å². The van der Waals surface area contributed by atoms with E-state index in [1.54, 1.807) is 31.2 Å². The van der Waals surface area contributed by atoms with E-state index in [0.717, 1.165) is 4.47 Å². The summed E-state index contributed by atoms with van der Waals surface area (Å²) in [6.07, 6.45) is -1.50. The van der Waals surface area contributed by atoms with Crippen LogP contribution in [0.5, 0.6) is 0 Å². The Hall–Kier alpha value is -2.77. The summed E-state index contributed by atoms with van der Waals surface area (Å²) >= 11 is 6.64. The van der Waals surface area contributed by atoms with Crippen molar-refractivity contribution in [3.8, 4) is 18.2 Å². The highest BCUT2D eigenvalue weighted by molar-refractivity contribution is 9.10. The fourth-order valence-corrected chi connectivity index (χ4v) is 5.19. The van der Waals surface area contributed by atoms with E-state index in [0.29, 0.717) is 10.0 Å². The van der Waals surface area contributed by atoms with Gasteiger partial charge in [-0.25, -0.2) is 4.39 Å². The normalized spacial score (nSPS) is 30.5. The van der Waals surface area contributed by atoms with Gasteiger partial charge in [0.25, 0.3) is 0 Å². The van der Waals surface area contributed by atoms with Crippen molar-refractivity contribution in [2.75, 3.05) is 0 Å². The molecule has 2 aliphatic rings. The van der Waals surface area contributed by atoms with Crippen molar-refractivity contribution in [2.24, 2.45) is 16.7 Å². The minimum atomic E-state index is -2.23. The zero-order chi connectivity index (χ0) is 22.6. The Morgan fingerprint density at radius 2 is 1.61 bits per heavy atom. The number of rotatable bonds is 2. The van der Waals surface area contributed by atoms with Crippen LogP contribution in [-0.4, -0.2) is 5.90 Å². The summed E-state index contributed by atoms with van der Waals surface area (Å²) in [4.78, 5) is 0. The molecule has 2 fully saturated rings. The zero-order valence-electron chi connectivity index (χ0n) is 16.0. The summed E-state index contributed by atoms with van der Waals surface area (Å²) in [6.45, 7) is 1.60. The highest BCUT2D eigenvalue weighted by Crippen LogP contribution is 2.69. The Bertz CT molecular complexity index is 1220. The Morgan fingerprint density at radius 3 is 2.19 bits per heavy atom. The summed E-state index contributed by atoms with van der Waals surface area (Å²) in [5, 5.41) is 39.2. The SMILES string of the molecule is CC1C2(c3ccc(Br)cc3)OC(=N)C1(C#N)C(C#N)(C#N)C(c1cc(Br)ccc1F)O2. The maximum atomic E-state index is 14.9.